The number of nitrogens with zero attached hydrogens (tertiary/aromatic N) is 2. The van der Waals surface area contributed by atoms with E-state index >= 15 is 0 Å². The molecule has 0 bridgehead atoms. The van der Waals surface area contributed by atoms with Gasteiger partial charge in [0, 0.05) is 29.8 Å². The topological polar surface area (TPSA) is 44.2 Å². The van der Waals surface area contributed by atoms with Gasteiger partial charge in [-0.2, -0.15) is 0 Å². The molecule has 0 radical (unpaired) electrons. The number of aromatic nitrogens is 2. The van der Waals surface area contributed by atoms with Crippen LogP contribution in [0.25, 0.3) is 10.6 Å². The molecule has 2 aromatic heterocycles. The first-order chi connectivity index (χ1) is 8.84. The maximum atomic E-state index is 5.73. The third kappa shape index (κ3) is 1.94. The van der Waals surface area contributed by atoms with E-state index in [0.29, 0.717) is 13.2 Å². The van der Waals surface area contributed by atoms with Crippen LogP contribution in [0.5, 0.6) is 0 Å². The largest absolute Gasteiger partial charge is 0.342 e. The van der Waals surface area contributed by atoms with Gasteiger partial charge in [0.15, 0.2) is 0 Å². The molecule has 94 valence electrons. The highest BCUT2D eigenvalue weighted by Crippen LogP contribution is 2.36. The summed E-state index contributed by atoms with van der Waals surface area (Å²) < 4.78 is 11.5. The van der Waals surface area contributed by atoms with Crippen LogP contribution in [-0.2, 0) is 15.3 Å². The molecule has 4 nitrogen and oxygen atoms in total. The van der Waals surface area contributed by atoms with E-state index in [2.05, 4.69) is 16.9 Å². The summed E-state index contributed by atoms with van der Waals surface area (Å²) in [6.45, 7) is 3.32. The molecule has 5 heteroatoms. The van der Waals surface area contributed by atoms with Crippen LogP contribution in [0.4, 0.5) is 0 Å². The van der Waals surface area contributed by atoms with Crippen LogP contribution in [0.3, 0.4) is 0 Å². The Hall–Kier alpha value is -1.30. The van der Waals surface area contributed by atoms with Crippen molar-refractivity contribution in [1.82, 2.24) is 9.97 Å². The van der Waals surface area contributed by atoms with Crippen LogP contribution < -0.4 is 0 Å². The van der Waals surface area contributed by atoms with E-state index in [1.54, 1.807) is 17.5 Å². The second-order valence-electron chi connectivity index (χ2n) is 4.08. The second kappa shape index (κ2) is 4.76. The Morgan fingerprint density at radius 2 is 2.22 bits per heavy atom. The van der Waals surface area contributed by atoms with E-state index < -0.39 is 5.79 Å². The highest BCUT2D eigenvalue weighted by atomic mass is 32.1. The average Bonchev–Trinajstić information content (AvgIpc) is 3.09. The van der Waals surface area contributed by atoms with Gasteiger partial charge >= 0.3 is 0 Å². The smallest absolute Gasteiger partial charge is 0.213 e. The van der Waals surface area contributed by atoms with Crippen LogP contribution in [0.2, 0.25) is 0 Å². The number of ether oxygens (including phenoxy) is 2. The van der Waals surface area contributed by atoms with Gasteiger partial charge in [0.25, 0.3) is 0 Å². The Bertz CT molecular complexity index is 521. The molecule has 0 amide bonds. The zero-order chi connectivity index (χ0) is 12.4. The molecule has 18 heavy (non-hydrogen) atoms. The van der Waals surface area contributed by atoms with Crippen LogP contribution in [0.1, 0.15) is 19.0 Å². The summed E-state index contributed by atoms with van der Waals surface area (Å²) in [5, 5.41) is 2.96. The van der Waals surface area contributed by atoms with Gasteiger partial charge in [-0.3, -0.25) is 4.98 Å². The van der Waals surface area contributed by atoms with Crippen molar-refractivity contribution < 1.29 is 9.47 Å². The second-order valence-corrected chi connectivity index (χ2v) is 4.94. The first kappa shape index (κ1) is 11.8. The van der Waals surface area contributed by atoms with Crippen molar-refractivity contribution in [2.24, 2.45) is 0 Å². The minimum atomic E-state index is -0.642. The van der Waals surface area contributed by atoms with Crippen molar-refractivity contribution >= 4 is 11.3 Å². The molecule has 3 heterocycles. The Morgan fingerprint density at radius 1 is 1.39 bits per heavy atom. The maximum Gasteiger partial charge on any atom is 0.213 e. The van der Waals surface area contributed by atoms with Gasteiger partial charge in [-0.25, -0.2) is 4.98 Å². The lowest BCUT2D eigenvalue weighted by Gasteiger charge is -2.23. The number of rotatable bonds is 3. The van der Waals surface area contributed by atoms with Gasteiger partial charge in [-0.05, 0) is 12.1 Å². The van der Waals surface area contributed by atoms with Gasteiger partial charge in [0.2, 0.25) is 5.79 Å². The van der Waals surface area contributed by atoms with Gasteiger partial charge < -0.3 is 9.47 Å². The van der Waals surface area contributed by atoms with E-state index in [1.807, 2.05) is 23.7 Å². The van der Waals surface area contributed by atoms with E-state index in [1.165, 1.54) is 0 Å². The van der Waals surface area contributed by atoms with Gasteiger partial charge in [-0.15, -0.1) is 11.3 Å². The summed E-state index contributed by atoms with van der Waals surface area (Å²) in [6.07, 6.45) is 4.34. The van der Waals surface area contributed by atoms with E-state index in [4.69, 9.17) is 9.47 Å². The van der Waals surface area contributed by atoms with Crippen LogP contribution in [-0.4, -0.2) is 23.2 Å². The fourth-order valence-electron chi connectivity index (χ4n) is 2.06. The zero-order valence-corrected chi connectivity index (χ0v) is 10.9. The molecule has 0 N–H and O–H groups in total. The molecular formula is C13H14N2O2S. The Balaban J connectivity index is 1.94. The quantitative estimate of drug-likeness (QED) is 0.853. The van der Waals surface area contributed by atoms with E-state index in [9.17, 15) is 0 Å². The fourth-order valence-corrected chi connectivity index (χ4v) is 2.92. The van der Waals surface area contributed by atoms with Crippen molar-refractivity contribution in [3.05, 3.63) is 35.6 Å². The predicted molar refractivity (Wildman–Crippen MR) is 69.2 cm³/mol. The molecule has 0 saturated carbocycles. The molecule has 1 aliphatic heterocycles. The molecule has 1 saturated heterocycles. The molecule has 0 atom stereocenters. The Labute approximate surface area is 110 Å². The van der Waals surface area contributed by atoms with E-state index in [-0.39, 0.29) is 0 Å². The lowest BCUT2D eigenvalue weighted by molar-refractivity contribution is -0.170. The third-order valence-corrected chi connectivity index (χ3v) is 3.91. The van der Waals surface area contributed by atoms with Gasteiger partial charge in [0.1, 0.15) is 10.7 Å². The fraction of sp³-hybridized carbons (Fsp3) is 0.385. The molecule has 0 unspecified atom stereocenters. The third-order valence-electron chi connectivity index (χ3n) is 3.02. The van der Waals surface area contributed by atoms with E-state index in [0.717, 1.165) is 22.7 Å². The Morgan fingerprint density at radius 3 is 2.89 bits per heavy atom. The molecule has 3 rings (SSSR count). The number of hydrogen-bond donors (Lipinski definition) is 0. The summed E-state index contributed by atoms with van der Waals surface area (Å²) in [4.78, 5) is 8.74. The molecule has 0 aliphatic carbocycles. The highest BCUT2D eigenvalue weighted by molar-refractivity contribution is 7.13. The summed E-state index contributed by atoms with van der Waals surface area (Å²) in [5.41, 5.74) is 1.89. The van der Waals surface area contributed by atoms with Crippen molar-refractivity contribution in [2.75, 3.05) is 13.2 Å². The number of thiazole rings is 1. The summed E-state index contributed by atoms with van der Waals surface area (Å²) in [6, 6.07) is 3.92. The molecule has 1 fully saturated rings. The monoisotopic (exact) mass is 262 g/mol. The summed E-state index contributed by atoms with van der Waals surface area (Å²) >= 11 is 1.59. The lowest BCUT2D eigenvalue weighted by atomic mass is 10.1. The molecular weight excluding hydrogens is 248 g/mol. The van der Waals surface area contributed by atoms with Gasteiger partial charge in [-0.1, -0.05) is 6.92 Å². The van der Waals surface area contributed by atoms with Crippen molar-refractivity contribution in [3.63, 3.8) is 0 Å². The SMILES string of the molecule is CCC1(c2csc(-c3cccnc3)n2)OCCO1. The number of pyridine rings is 1. The maximum absolute atomic E-state index is 5.73. The minimum absolute atomic E-state index is 0.633. The van der Waals surface area contributed by atoms with Crippen molar-refractivity contribution in [1.29, 1.82) is 0 Å². The van der Waals surface area contributed by atoms with Crippen LogP contribution in [0.15, 0.2) is 29.9 Å². The summed E-state index contributed by atoms with van der Waals surface area (Å²) in [7, 11) is 0. The zero-order valence-electron chi connectivity index (χ0n) is 10.1. The summed E-state index contributed by atoms with van der Waals surface area (Å²) in [5.74, 6) is -0.642. The average molecular weight is 262 g/mol. The molecule has 2 aromatic rings. The lowest BCUT2D eigenvalue weighted by Crippen LogP contribution is -2.26. The van der Waals surface area contributed by atoms with Crippen LogP contribution in [0, 0.1) is 0 Å². The van der Waals surface area contributed by atoms with Crippen molar-refractivity contribution in [3.8, 4) is 10.6 Å². The van der Waals surface area contributed by atoms with Crippen LogP contribution >= 0.6 is 11.3 Å². The highest BCUT2D eigenvalue weighted by Gasteiger charge is 2.39. The normalized spacial score (nSPS) is 18.1. The predicted octanol–water partition coefficient (Wildman–Crippen LogP) is 2.81. The van der Waals surface area contributed by atoms with Gasteiger partial charge in [0.05, 0.1) is 13.2 Å². The molecule has 0 spiro atoms. The standard InChI is InChI=1S/C13H14N2O2S/c1-2-13(16-6-7-17-13)11-9-18-12(15-11)10-4-3-5-14-8-10/h3-5,8-9H,2,6-7H2,1H3. The Kier molecular flexibility index (Phi) is 3.11. The van der Waals surface area contributed by atoms with Crippen molar-refractivity contribution in [2.45, 2.75) is 19.1 Å². The molecule has 0 aromatic carbocycles. The minimum Gasteiger partial charge on any atom is -0.342 e. The first-order valence-electron chi connectivity index (χ1n) is 5.98. The first-order valence-corrected chi connectivity index (χ1v) is 6.86. The number of hydrogen-bond acceptors (Lipinski definition) is 5. The molecule has 1 aliphatic rings.